The molecule has 1 aromatic heterocycles. The first-order valence-electron chi connectivity index (χ1n) is 6.28. The molecule has 5 nitrogen and oxygen atoms in total. The molecule has 2 aromatic rings. The van der Waals surface area contributed by atoms with Crippen molar-refractivity contribution in [2.75, 3.05) is 6.54 Å². The molecule has 1 aromatic carbocycles. The second kappa shape index (κ2) is 6.38. The summed E-state index contributed by atoms with van der Waals surface area (Å²) in [6.07, 6.45) is 0. The fourth-order valence-corrected chi connectivity index (χ4v) is 4.10. The van der Waals surface area contributed by atoms with Crippen LogP contribution in [-0.4, -0.2) is 26.0 Å². The fourth-order valence-electron chi connectivity index (χ4n) is 1.78. The van der Waals surface area contributed by atoms with E-state index in [9.17, 15) is 13.2 Å². The van der Waals surface area contributed by atoms with E-state index in [4.69, 9.17) is 5.11 Å². The Morgan fingerprint density at radius 3 is 2.48 bits per heavy atom. The van der Waals surface area contributed by atoms with Crippen LogP contribution < -0.4 is 4.72 Å². The quantitative estimate of drug-likeness (QED) is 0.855. The van der Waals surface area contributed by atoms with Crippen molar-refractivity contribution < 1.29 is 18.3 Å². The lowest BCUT2D eigenvalue weighted by atomic mass is 10.0. The van der Waals surface area contributed by atoms with Crippen molar-refractivity contribution in [3.05, 3.63) is 52.9 Å². The van der Waals surface area contributed by atoms with E-state index in [2.05, 4.69) is 4.72 Å². The summed E-state index contributed by atoms with van der Waals surface area (Å²) in [6, 6.07) is 12.2. The van der Waals surface area contributed by atoms with Gasteiger partial charge in [0.2, 0.25) is 10.0 Å². The zero-order valence-corrected chi connectivity index (χ0v) is 12.9. The molecule has 0 aliphatic rings. The molecule has 112 valence electrons. The molecule has 0 amide bonds. The maximum absolute atomic E-state index is 12.1. The zero-order chi connectivity index (χ0) is 15.5. The average Bonchev–Trinajstić information content (AvgIpc) is 2.97. The SMILES string of the molecule is CC(CNS(=O)(=O)c1ccc(C(=O)O)s1)c1ccccc1. The monoisotopic (exact) mass is 325 g/mol. The summed E-state index contributed by atoms with van der Waals surface area (Å²) in [4.78, 5) is 10.8. The van der Waals surface area contributed by atoms with Crippen LogP contribution in [0, 0.1) is 0 Å². The number of benzene rings is 1. The van der Waals surface area contributed by atoms with Crippen LogP contribution in [0.3, 0.4) is 0 Å². The van der Waals surface area contributed by atoms with Gasteiger partial charge < -0.3 is 5.11 Å². The van der Waals surface area contributed by atoms with Crippen molar-refractivity contribution in [2.45, 2.75) is 17.1 Å². The fraction of sp³-hybridized carbons (Fsp3) is 0.214. The Hall–Kier alpha value is -1.70. The predicted molar refractivity (Wildman–Crippen MR) is 81.3 cm³/mol. The summed E-state index contributed by atoms with van der Waals surface area (Å²) in [7, 11) is -3.67. The number of sulfonamides is 1. The number of carboxylic acids is 1. The molecule has 2 rings (SSSR count). The van der Waals surface area contributed by atoms with Crippen molar-refractivity contribution in [3.63, 3.8) is 0 Å². The van der Waals surface area contributed by atoms with Gasteiger partial charge in [-0.05, 0) is 23.6 Å². The molecular formula is C14H15NO4S2. The van der Waals surface area contributed by atoms with E-state index in [-0.39, 0.29) is 21.5 Å². The second-order valence-electron chi connectivity index (χ2n) is 4.59. The molecule has 1 heterocycles. The van der Waals surface area contributed by atoms with Crippen LogP contribution in [0.25, 0.3) is 0 Å². The van der Waals surface area contributed by atoms with Crippen molar-refractivity contribution in [2.24, 2.45) is 0 Å². The molecule has 0 spiro atoms. The van der Waals surface area contributed by atoms with Crippen molar-refractivity contribution >= 4 is 27.3 Å². The molecule has 21 heavy (non-hydrogen) atoms. The van der Waals surface area contributed by atoms with Gasteiger partial charge in [-0.3, -0.25) is 0 Å². The Labute approximate surface area is 127 Å². The number of aromatic carboxylic acids is 1. The molecule has 2 N–H and O–H groups in total. The van der Waals surface area contributed by atoms with E-state index < -0.39 is 16.0 Å². The minimum absolute atomic E-state index is 0.00600. The largest absolute Gasteiger partial charge is 0.477 e. The first-order valence-corrected chi connectivity index (χ1v) is 8.58. The van der Waals surface area contributed by atoms with Crippen molar-refractivity contribution in [1.82, 2.24) is 4.72 Å². The highest BCUT2D eigenvalue weighted by Gasteiger charge is 2.19. The molecule has 0 aliphatic heterocycles. The molecule has 7 heteroatoms. The van der Waals surface area contributed by atoms with Gasteiger partial charge in [-0.25, -0.2) is 17.9 Å². The van der Waals surface area contributed by atoms with Gasteiger partial charge in [0.1, 0.15) is 9.09 Å². The van der Waals surface area contributed by atoms with Gasteiger partial charge >= 0.3 is 5.97 Å². The van der Waals surface area contributed by atoms with Gasteiger partial charge in [0.05, 0.1) is 0 Å². The highest BCUT2D eigenvalue weighted by atomic mass is 32.2. The van der Waals surface area contributed by atoms with E-state index in [0.29, 0.717) is 0 Å². The van der Waals surface area contributed by atoms with Crippen LogP contribution in [0.2, 0.25) is 0 Å². The number of hydrogen-bond donors (Lipinski definition) is 2. The standard InChI is InChI=1S/C14H15NO4S2/c1-10(11-5-3-2-4-6-11)9-15-21(18,19)13-8-7-12(20-13)14(16)17/h2-8,10,15H,9H2,1H3,(H,16,17). The lowest BCUT2D eigenvalue weighted by Crippen LogP contribution is -2.27. The summed E-state index contributed by atoms with van der Waals surface area (Å²) in [5.74, 6) is -1.10. The Bertz CT molecular complexity index is 722. The maximum atomic E-state index is 12.1. The predicted octanol–water partition coefficient (Wildman–Crippen LogP) is 2.53. The highest BCUT2D eigenvalue weighted by Crippen LogP contribution is 2.22. The smallest absolute Gasteiger partial charge is 0.345 e. The first-order chi connectivity index (χ1) is 9.90. The van der Waals surface area contributed by atoms with E-state index in [1.54, 1.807) is 0 Å². The average molecular weight is 325 g/mol. The summed E-state index contributed by atoms with van der Waals surface area (Å²) in [5.41, 5.74) is 1.04. The molecule has 0 aliphatic carbocycles. The molecule has 0 radical (unpaired) electrons. The third kappa shape index (κ3) is 3.90. The van der Waals surface area contributed by atoms with Gasteiger partial charge in [0.25, 0.3) is 0 Å². The van der Waals surface area contributed by atoms with E-state index in [1.807, 2.05) is 37.3 Å². The van der Waals surface area contributed by atoms with Gasteiger partial charge in [0.15, 0.2) is 0 Å². The summed E-state index contributed by atoms with van der Waals surface area (Å²) < 4.78 is 26.8. The molecule has 0 fully saturated rings. The van der Waals surface area contributed by atoms with Crippen LogP contribution >= 0.6 is 11.3 Å². The second-order valence-corrected chi connectivity index (χ2v) is 7.67. The van der Waals surface area contributed by atoms with Crippen molar-refractivity contribution in [1.29, 1.82) is 0 Å². The van der Waals surface area contributed by atoms with E-state index in [0.717, 1.165) is 16.9 Å². The number of rotatable bonds is 6. The maximum Gasteiger partial charge on any atom is 0.345 e. The molecular weight excluding hydrogens is 310 g/mol. The van der Waals surface area contributed by atoms with E-state index >= 15 is 0 Å². The number of nitrogens with one attached hydrogen (secondary N) is 1. The topological polar surface area (TPSA) is 83.5 Å². The first kappa shape index (κ1) is 15.7. The summed E-state index contributed by atoms with van der Waals surface area (Å²) in [5, 5.41) is 8.83. The van der Waals surface area contributed by atoms with Crippen LogP contribution in [0.4, 0.5) is 0 Å². The third-order valence-electron chi connectivity index (χ3n) is 3.01. The number of thiophene rings is 1. The van der Waals surface area contributed by atoms with Gasteiger partial charge in [-0.2, -0.15) is 0 Å². The molecule has 0 bridgehead atoms. The van der Waals surface area contributed by atoms with Gasteiger partial charge in [0, 0.05) is 6.54 Å². The van der Waals surface area contributed by atoms with Crippen LogP contribution in [0.5, 0.6) is 0 Å². The van der Waals surface area contributed by atoms with Crippen molar-refractivity contribution in [3.8, 4) is 0 Å². The Kier molecular flexibility index (Phi) is 4.76. The molecule has 0 saturated carbocycles. The Morgan fingerprint density at radius 1 is 1.24 bits per heavy atom. The van der Waals surface area contributed by atoms with Gasteiger partial charge in [-0.15, -0.1) is 11.3 Å². The molecule has 0 saturated heterocycles. The zero-order valence-electron chi connectivity index (χ0n) is 11.3. The number of hydrogen-bond acceptors (Lipinski definition) is 4. The molecule has 1 unspecified atom stereocenters. The molecule has 1 atom stereocenters. The van der Waals surface area contributed by atoms with Crippen LogP contribution in [0.1, 0.15) is 28.1 Å². The minimum atomic E-state index is -3.67. The van der Waals surface area contributed by atoms with Crippen LogP contribution in [0.15, 0.2) is 46.7 Å². The normalized spacial score (nSPS) is 13.0. The van der Waals surface area contributed by atoms with Crippen LogP contribution in [-0.2, 0) is 10.0 Å². The summed E-state index contributed by atoms with van der Waals surface area (Å²) in [6.45, 7) is 2.18. The third-order valence-corrected chi connectivity index (χ3v) is 5.99. The van der Waals surface area contributed by atoms with Gasteiger partial charge in [-0.1, -0.05) is 37.3 Å². The highest BCUT2D eigenvalue weighted by molar-refractivity contribution is 7.91. The lowest BCUT2D eigenvalue weighted by Gasteiger charge is -2.12. The Balaban J connectivity index is 2.06. The summed E-state index contributed by atoms with van der Waals surface area (Å²) >= 11 is 0.745. The minimum Gasteiger partial charge on any atom is -0.477 e. The Morgan fingerprint density at radius 2 is 1.90 bits per heavy atom. The number of carbonyl (C=O) groups is 1. The number of carboxylic acid groups (broad SMARTS) is 1. The lowest BCUT2D eigenvalue weighted by molar-refractivity contribution is 0.0702. The van der Waals surface area contributed by atoms with E-state index in [1.165, 1.54) is 12.1 Å².